The second kappa shape index (κ2) is 8.56. The summed E-state index contributed by atoms with van der Waals surface area (Å²) in [6, 6.07) is 10.5. The Morgan fingerprint density at radius 3 is 2.38 bits per heavy atom. The lowest BCUT2D eigenvalue weighted by Gasteiger charge is -2.09. The molecule has 2 aromatic carbocycles. The molecule has 136 valence electrons. The second-order valence-electron chi connectivity index (χ2n) is 5.43. The highest BCUT2D eigenvalue weighted by atomic mass is 16.6. The molecule has 0 bridgehead atoms. The molecule has 0 aliphatic rings. The molecule has 0 aliphatic heterocycles. The lowest BCUT2D eigenvalue weighted by Crippen LogP contribution is -2.14. The largest absolute Gasteiger partial charge is 0.487 e. The standard InChI is InChI=1S/C17H17N3O6/c1-12-13(6-4-8-14(12)19(22)23)18-17(21)10-5-11-26-16-9-3-2-7-15(16)20(24)25/h2-4,6-9H,5,10-11H2,1H3,(H,18,21). The molecule has 9 heteroatoms. The van der Waals surface area contributed by atoms with Crippen molar-refractivity contribution in [2.75, 3.05) is 11.9 Å². The first-order chi connectivity index (χ1) is 12.4. The number of nitro benzene ring substituents is 2. The molecule has 26 heavy (non-hydrogen) atoms. The lowest BCUT2D eigenvalue weighted by atomic mass is 10.1. The molecular weight excluding hydrogens is 342 g/mol. The third-order valence-electron chi connectivity index (χ3n) is 3.64. The number of carbonyl (C=O) groups excluding carboxylic acids is 1. The van der Waals surface area contributed by atoms with Gasteiger partial charge < -0.3 is 10.1 Å². The molecule has 0 fully saturated rings. The highest BCUT2D eigenvalue weighted by molar-refractivity contribution is 5.92. The first-order valence-electron chi connectivity index (χ1n) is 7.80. The van der Waals surface area contributed by atoms with Gasteiger partial charge in [0.2, 0.25) is 5.91 Å². The molecule has 2 aromatic rings. The van der Waals surface area contributed by atoms with Crippen molar-refractivity contribution in [1.29, 1.82) is 0 Å². The van der Waals surface area contributed by atoms with Crippen molar-refractivity contribution < 1.29 is 19.4 Å². The SMILES string of the molecule is Cc1c(NC(=O)CCCOc2ccccc2[N+](=O)[O-])cccc1[N+](=O)[O-]. The smallest absolute Gasteiger partial charge is 0.310 e. The zero-order chi connectivity index (χ0) is 19.1. The molecule has 0 saturated heterocycles. The number of nitrogens with zero attached hydrogens (tertiary/aromatic N) is 2. The van der Waals surface area contributed by atoms with Gasteiger partial charge in [0.25, 0.3) is 5.69 Å². The normalized spacial score (nSPS) is 10.2. The van der Waals surface area contributed by atoms with Crippen molar-refractivity contribution >= 4 is 23.0 Å². The van der Waals surface area contributed by atoms with E-state index in [4.69, 9.17) is 4.74 Å². The lowest BCUT2D eigenvalue weighted by molar-refractivity contribution is -0.385. The molecule has 0 spiro atoms. The number of rotatable bonds is 8. The van der Waals surface area contributed by atoms with Crippen LogP contribution in [0.3, 0.4) is 0 Å². The van der Waals surface area contributed by atoms with Gasteiger partial charge in [0.15, 0.2) is 5.75 Å². The maximum atomic E-state index is 12.0. The number of amides is 1. The van der Waals surface area contributed by atoms with E-state index in [9.17, 15) is 25.0 Å². The van der Waals surface area contributed by atoms with Crippen LogP contribution < -0.4 is 10.1 Å². The summed E-state index contributed by atoms with van der Waals surface area (Å²) in [6.07, 6.45) is 0.453. The van der Waals surface area contributed by atoms with Crippen LogP contribution in [0.5, 0.6) is 5.75 Å². The first kappa shape index (κ1) is 18.8. The van der Waals surface area contributed by atoms with E-state index in [1.54, 1.807) is 25.1 Å². The summed E-state index contributed by atoms with van der Waals surface area (Å²) in [5, 5.41) is 24.4. The summed E-state index contributed by atoms with van der Waals surface area (Å²) in [5.74, 6) is -0.174. The van der Waals surface area contributed by atoms with Gasteiger partial charge in [0, 0.05) is 18.6 Å². The maximum Gasteiger partial charge on any atom is 0.310 e. The summed E-state index contributed by atoms with van der Waals surface area (Å²) in [4.78, 5) is 32.7. The molecule has 1 N–H and O–H groups in total. The number of hydrogen-bond acceptors (Lipinski definition) is 6. The van der Waals surface area contributed by atoms with Crippen LogP contribution in [0.15, 0.2) is 42.5 Å². The van der Waals surface area contributed by atoms with Crippen molar-refractivity contribution in [3.05, 3.63) is 68.3 Å². The summed E-state index contributed by atoms with van der Waals surface area (Å²) < 4.78 is 5.36. The summed E-state index contributed by atoms with van der Waals surface area (Å²) in [6.45, 7) is 1.69. The van der Waals surface area contributed by atoms with Gasteiger partial charge in [-0.05, 0) is 25.5 Å². The van der Waals surface area contributed by atoms with Crippen LogP contribution in [-0.4, -0.2) is 22.4 Å². The van der Waals surface area contributed by atoms with Crippen LogP contribution >= 0.6 is 0 Å². The van der Waals surface area contributed by atoms with Gasteiger partial charge in [-0.25, -0.2) is 0 Å². The third-order valence-corrected chi connectivity index (χ3v) is 3.64. The maximum absolute atomic E-state index is 12.0. The molecule has 9 nitrogen and oxygen atoms in total. The van der Waals surface area contributed by atoms with Crippen LogP contribution in [0.1, 0.15) is 18.4 Å². The van der Waals surface area contributed by atoms with Crippen molar-refractivity contribution in [3.8, 4) is 5.75 Å². The quantitative estimate of drug-likeness (QED) is 0.436. The molecule has 1 amide bonds. The van der Waals surface area contributed by atoms with Gasteiger partial charge >= 0.3 is 5.69 Å². The minimum Gasteiger partial charge on any atom is -0.487 e. The number of para-hydroxylation sites is 2. The van der Waals surface area contributed by atoms with Crippen LogP contribution in [0.4, 0.5) is 17.1 Å². The van der Waals surface area contributed by atoms with E-state index < -0.39 is 9.85 Å². The van der Waals surface area contributed by atoms with Crippen LogP contribution in [0.25, 0.3) is 0 Å². The Morgan fingerprint density at radius 2 is 1.69 bits per heavy atom. The second-order valence-corrected chi connectivity index (χ2v) is 5.43. The van der Waals surface area contributed by atoms with E-state index >= 15 is 0 Å². The van der Waals surface area contributed by atoms with Crippen molar-refractivity contribution in [3.63, 3.8) is 0 Å². The molecule has 2 rings (SSSR count). The number of carbonyl (C=O) groups is 1. The van der Waals surface area contributed by atoms with E-state index in [1.165, 1.54) is 24.3 Å². The minimum atomic E-state index is -0.535. The number of hydrogen-bond donors (Lipinski definition) is 1. The predicted molar refractivity (Wildman–Crippen MR) is 94.3 cm³/mol. The summed E-state index contributed by atoms with van der Waals surface area (Å²) in [5.41, 5.74) is 0.553. The van der Waals surface area contributed by atoms with Gasteiger partial charge in [-0.2, -0.15) is 0 Å². The molecule has 0 aromatic heterocycles. The molecule has 0 unspecified atom stereocenters. The van der Waals surface area contributed by atoms with E-state index in [0.29, 0.717) is 17.7 Å². The van der Waals surface area contributed by atoms with E-state index in [2.05, 4.69) is 5.32 Å². The van der Waals surface area contributed by atoms with Gasteiger partial charge in [-0.15, -0.1) is 0 Å². The average molecular weight is 359 g/mol. The highest BCUT2D eigenvalue weighted by Gasteiger charge is 2.15. The topological polar surface area (TPSA) is 125 Å². The minimum absolute atomic E-state index is 0.0671. The zero-order valence-corrected chi connectivity index (χ0v) is 14.0. The fourth-order valence-corrected chi connectivity index (χ4v) is 2.31. The number of benzene rings is 2. The fourth-order valence-electron chi connectivity index (χ4n) is 2.31. The Hall–Kier alpha value is -3.49. The first-order valence-corrected chi connectivity index (χ1v) is 7.80. The Balaban J connectivity index is 1.86. The monoisotopic (exact) mass is 359 g/mol. The van der Waals surface area contributed by atoms with Gasteiger partial charge in [0.05, 0.1) is 27.7 Å². The third kappa shape index (κ3) is 4.76. The highest BCUT2D eigenvalue weighted by Crippen LogP contribution is 2.26. The van der Waals surface area contributed by atoms with E-state index in [1.807, 2.05) is 0 Å². The molecule has 0 aliphatic carbocycles. The average Bonchev–Trinajstić information content (AvgIpc) is 2.60. The summed E-state index contributed by atoms with van der Waals surface area (Å²) in [7, 11) is 0. The number of anilines is 1. The fraction of sp³-hybridized carbons (Fsp3) is 0.235. The Kier molecular flexibility index (Phi) is 6.20. The van der Waals surface area contributed by atoms with Crippen LogP contribution in [0.2, 0.25) is 0 Å². The number of ether oxygens (including phenoxy) is 1. The molecular formula is C17H17N3O6. The Morgan fingerprint density at radius 1 is 1.04 bits per heavy atom. The van der Waals surface area contributed by atoms with Crippen LogP contribution in [0, 0.1) is 27.2 Å². The van der Waals surface area contributed by atoms with Gasteiger partial charge in [-0.1, -0.05) is 18.2 Å². The van der Waals surface area contributed by atoms with Crippen LogP contribution in [-0.2, 0) is 4.79 Å². The molecule has 0 heterocycles. The molecule has 0 saturated carbocycles. The Labute approximate surface area is 148 Å². The van der Waals surface area contributed by atoms with Crippen molar-refractivity contribution in [2.24, 2.45) is 0 Å². The number of nitro groups is 2. The van der Waals surface area contributed by atoms with Crippen molar-refractivity contribution in [1.82, 2.24) is 0 Å². The van der Waals surface area contributed by atoms with E-state index in [0.717, 1.165) is 0 Å². The van der Waals surface area contributed by atoms with Crippen molar-refractivity contribution in [2.45, 2.75) is 19.8 Å². The number of nitrogens with one attached hydrogen (secondary N) is 1. The summed E-state index contributed by atoms with van der Waals surface area (Å²) >= 11 is 0. The predicted octanol–water partition coefficient (Wildman–Crippen LogP) is 3.61. The molecule has 0 radical (unpaired) electrons. The molecule has 0 atom stereocenters. The Bertz CT molecular complexity index is 837. The zero-order valence-electron chi connectivity index (χ0n) is 14.0. The van der Waals surface area contributed by atoms with E-state index in [-0.39, 0.29) is 36.1 Å². The van der Waals surface area contributed by atoms with Gasteiger partial charge in [-0.3, -0.25) is 25.0 Å². The van der Waals surface area contributed by atoms with Gasteiger partial charge in [0.1, 0.15) is 0 Å².